The van der Waals surface area contributed by atoms with Crippen molar-refractivity contribution >= 4 is 48.9 Å². The topological polar surface area (TPSA) is 70.3 Å². The number of hydrogen-bond acceptors (Lipinski definition) is 6. The maximum atomic E-state index is 13.0. The molecule has 0 aliphatic carbocycles. The number of carbonyl (C=O) groups excluding carboxylic acids is 1. The molecule has 0 aliphatic rings. The highest BCUT2D eigenvalue weighted by atomic mass is 32.1. The van der Waals surface area contributed by atoms with Crippen molar-refractivity contribution in [3.8, 4) is 0 Å². The Kier molecular flexibility index (Phi) is 5.24. The fraction of sp³-hybridized carbons (Fsp3) is 0.125. The third-order valence-electron chi connectivity index (χ3n) is 5.29. The van der Waals surface area contributed by atoms with Gasteiger partial charge in [-0.15, -0.1) is 22.7 Å². The van der Waals surface area contributed by atoms with Crippen LogP contribution in [0.3, 0.4) is 0 Å². The second kappa shape index (κ2) is 8.22. The molecule has 0 atom stereocenters. The molecule has 0 unspecified atom stereocenters. The Morgan fingerprint density at radius 2 is 1.81 bits per heavy atom. The quantitative estimate of drug-likeness (QED) is 0.364. The van der Waals surface area contributed by atoms with Crippen LogP contribution in [0.15, 0.2) is 75.6 Å². The van der Waals surface area contributed by atoms with Gasteiger partial charge >= 0.3 is 11.7 Å². The maximum absolute atomic E-state index is 13.0. The van der Waals surface area contributed by atoms with Gasteiger partial charge in [0.2, 0.25) is 0 Å². The van der Waals surface area contributed by atoms with Gasteiger partial charge in [0.15, 0.2) is 0 Å². The molecule has 0 amide bonds. The van der Waals surface area contributed by atoms with E-state index >= 15 is 0 Å². The van der Waals surface area contributed by atoms with Gasteiger partial charge in [-0.05, 0) is 40.1 Å². The average Bonchev–Trinajstić information content (AvgIpc) is 3.47. The van der Waals surface area contributed by atoms with Gasteiger partial charge in [0.25, 0.3) is 5.56 Å². The summed E-state index contributed by atoms with van der Waals surface area (Å²) in [5.74, 6) is -0.515. The van der Waals surface area contributed by atoms with Crippen molar-refractivity contribution in [3.63, 3.8) is 0 Å². The van der Waals surface area contributed by atoms with E-state index < -0.39 is 17.2 Å². The predicted molar refractivity (Wildman–Crippen MR) is 128 cm³/mol. The van der Waals surface area contributed by atoms with E-state index in [1.54, 1.807) is 18.4 Å². The molecule has 3 aromatic heterocycles. The molecule has 0 aliphatic heterocycles. The summed E-state index contributed by atoms with van der Waals surface area (Å²) in [5.41, 5.74) is 0.915. The van der Waals surface area contributed by atoms with E-state index in [1.165, 1.54) is 15.2 Å². The van der Waals surface area contributed by atoms with E-state index in [0.717, 1.165) is 32.5 Å². The van der Waals surface area contributed by atoms with E-state index in [0.29, 0.717) is 15.1 Å². The number of fused-ring (bicyclic) bond motifs is 2. The van der Waals surface area contributed by atoms with Gasteiger partial charge < -0.3 is 4.74 Å². The van der Waals surface area contributed by atoms with Gasteiger partial charge in [-0.2, -0.15) is 0 Å². The molecule has 0 saturated heterocycles. The fourth-order valence-electron chi connectivity index (χ4n) is 3.60. The summed E-state index contributed by atoms with van der Waals surface area (Å²) in [6, 6.07) is 18.8. The molecule has 0 spiro atoms. The van der Waals surface area contributed by atoms with Crippen molar-refractivity contribution < 1.29 is 9.53 Å². The number of hydrogen-bond donors (Lipinski definition) is 0. The van der Waals surface area contributed by atoms with Crippen LogP contribution in [0.1, 0.15) is 20.8 Å². The minimum absolute atomic E-state index is 0.137. The predicted octanol–water partition coefficient (Wildman–Crippen LogP) is 4.38. The highest BCUT2D eigenvalue weighted by Crippen LogP contribution is 2.25. The zero-order chi connectivity index (χ0) is 22.2. The Hall–Kier alpha value is -3.49. The van der Waals surface area contributed by atoms with Crippen LogP contribution in [0, 0.1) is 0 Å². The highest BCUT2D eigenvalue weighted by molar-refractivity contribution is 7.20. The number of esters is 1. The summed E-state index contributed by atoms with van der Waals surface area (Å²) in [6.07, 6.45) is 0. The van der Waals surface area contributed by atoms with Gasteiger partial charge in [0.1, 0.15) is 16.3 Å². The summed E-state index contributed by atoms with van der Waals surface area (Å²) < 4.78 is 9.22. The van der Waals surface area contributed by atoms with Crippen LogP contribution >= 0.6 is 22.7 Å². The molecule has 0 fully saturated rings. The third-order valence-corrected chi connectivity index (χ3v) is 7.36. The molecule has 32 heavy (non-hydrogen) atoms. The highest BCUT2D eigenvalue weighted by Gasteiger charge is 2.19. The van der Waals surface area contributed by atoms with E-state index in [-0.39, 0.29) is 13.2 Å². The van der Waals surface area contributed by atoms with Crippen LogP contribution in [-0.4, -0.2) is 15.1 Å². The van der Waals surface area contributed by atoms with Crippen molar-refractivity contribution in [1.29, 1.82) is 0 Å². The summed E-state index contributed by atoms with van der Waals surface area (Å²) >= 11 is 2.73. The van der Waals surface area contributed by atoms with E-state index in [1.807, 2.05) is 60.0 Å². The molecule has 0 saturated carbocycles. The Balaban J connectivity index is 1.43. The minimum atomic E-state index is -0.515. The molecular formula is C24H18N2O4S2. The van der Waals surface area contributed by atoms with Gasteiger partial charge in [-0.3, -0.25) is 13.9 Å². The maximum Gasteiger partial charge on any atom is 0.348 e. The first kappa shape index (κ1) is 20.4. The van der Waals surface area contributed by atoms with Crippen molar-refractivity contribution in [1.82, 2.24) is 9.13 Å². The van der Waals surface area contributed by atoms with Crippen LogP contribution in [-0.2, 0) is 24.9 Å². The first-order valence-corrected chi connectivity index (χ1v) is 11.6. The van der Waals surface area contributed by atoms with Gasteiger partial charge in [-0.1, -0.05) is 42.5 Å². The molecule has 0 N–H and O–H groups in total. The number of aryl methyl sites for hydroxylation is 1. The number of nitrogens with zero attached hydrogens (tertiary/aromatic N) is 2. The third kappa shape index (κ3) is 3.68. The number of ether oxygens (including phenoxy) is 1. The second-order valence-corrected chi connectivity index (χ2v) is 9.40. The Morgan fingerprint density at radius 1 is 1.00 bits per heavy atom. The Morgan fingerprint density at radius 3 is 2.62 bits per heavy atom. The molecule has 0 radical (unpaired) electrons. The van der Waals surface area contributed by atoms with Crippen molar-refractivity contribution in [3.05, 3.63) is 103 Å². The first-order chi connectivity index (χ1) is 15.5. The van der Waals surface area contributed by atoms with Crippen LogP contribution < -0.4 is 11.2 Å². The lowest BCUT2D eigenvalue weighted by molar-refractivity contribution is 0.0479. The van der Waals surface area contributed by atoms with Crippen molar-refractivity contribution in [2.45, 2.75) is 13.2 Å². The first-order valence-electron chi connectivity index (χ1n) is 9.92. The number of benzene rings is 2. The smallest absolute Gasteiger partial charge is 0.348 e. The molecule has 2 aromatic carbocycles. The minimum Gasteiger partial charge on any atom is -0.457 e. The monoisotopic (exact) mass is 462 g/mol. The second-order valence-electron chi connectivity index (χ2n) is 7.42. The molecule has 6 nitrogen and oxygen atoms in total. The number of aromatic nitrogens is 2. The normalized spacial score (nSPS) is 11.3. The van der Waals surface area contributed by atoms with Crippen LogP contribution in [0.2, 0.25) is 0 Å². The zero-order valence-electron chi connectivity index (χ0n) is 17.1. The Bertz CT molecular complexity index is 1570. The SMILES string of the molecule is Cn1c(=O)n(Cc2ccccc2)c(=O)c2cc(C(=O)OCc3ccc4ccsc4c3)sc21. The summed E-state index contributed by atoms with van der Waals surface area (Å²) in [6.45, 7) is 0.307. The van der Waals surface area contributed by atoms with Gasteiger partial charge in [-0.25, -0.2) is 9.59 Å². The lowest BCUT2D eigenvalue weighted by Crippen LogP contribution is -2.38. The molecule has 3 heterocycles. The number of thiophene rings is 2. The summed E-state index contributed by atoms with van der Waals surface area (Å²) in [5, 5.41) is 3.51. The molecular weight excluding hydrogens is 444 g/mol. The van der Waals surface area contributed by atoms with Crippen LogP contribution in [0.25, 0.3) is 20.3 Å². The molecule has 5 aromatic rings. The van der Waals surface area contributed by atoms with Gasteiger partial charge in [0, 0.05) is 11.7 Å². The van der Waals surface area contributed by atoms with Gasteiger partial charge in [0.05, 0.1) is 11.9 Å². The van der Waals surface area contributed by atoms with Crippen LogP contribution in [0.5, 0.6) is 0 Å². The Labute approximate surface area is 190 Å². The summed E-state index contributed by atoms with van der Waals surface area (Å²) in [7, 11) is 1.60. The molecule has 8 heteroatoms. The largest absolute Gasteiger partial charge is 0.457 e. The lowest BCUT2D eigenvalue weighted by Gasteiger charge is -2.08. The van der Waals surface area contributed by atoms with Crippen molar-refractivity contribution in [2.24, 2.45) is 7.05 Å². The summed E-state index contributed by atoms with van der Waals surface area (Å²) in [4.78, 5) is 39.3. The van der Waals surface area contributed by atoms with Crippen molar-refractivity contribution in [2.75, 3.05) is 0 Å². The lowest BCUT2D eigenvalue weighted by atomic mass is 10.2. The molecule has 160 valence electrons. The van der Waals surface area contributed by atoms with Crippen LogP contribution in [0.4, 0.5) is 0 Å². The fourth-order valence-corrected chi connectivity index (χ4v) is 5.45. The average molecular weight is 463 g/mol. The number of carbonyl (C=O) groups is 1. The standard InChI is InChI=1S/C24H18N2O4S2/c1-25-22-18(21(27)26(24(25)29)13-15-5-3-2-4-6-15)12-20(32-22)23(28)30-14-16-7-8-17-9-10-31-19(17)11-16/h2-12H,13-14H2,1H3. The number of rotatable bonds is 5. The molecule has 5 rings (SSSR count). The zero-order valence-corrected chi connectivity index (χ0v) is 18.7. The van der Waals surface area contributed by atoms with E-state index in [9.17, 15) is 14.4 Å². The molecule has 0 bridgehead atoms. The van der Waals surface area contributed by atoms with E-state index in [4.69, 9.17) is 4.74 Å². The van der Waals surface area contributed by atoms with E-state index in [2.05, 4.69) is 0 Å².